The third-order valence-corrected chi connectivity index (χ3v) is 6.16. The fourth-order valence-corrected chi connectivity index (χ4v) is 4.71. The van der Waals surface area contributed by atoms with Crippen LogP contribution in [-0.2, 0) is 10.0 Å². The summed E-state index contributed by atoms with van der Waals surface area (Å²) < 4.78 is 27.7. The van der Waals surface area contributed by atoms with Crippen LogP contribution in [0.1, 0.15) is 35.6 Å². The number of nitrogens with zero attached hydrogens (tertiary/aromatic N) is 1. The first kappa shape index (κ1) is 14.3. The Hall–Kier alpha value is -1.60. The van der Waals surface area contributed by atoms with Crippen LogP contribution in [0.15, 0.2) is 22.4 Å². The standard InChI is InChI=1S/C14H17N3O2S2/c1-8-3-6-11(15)13(9(8)2)21(18,19)17-14-16-12(7-20-14)10-4-5-10/h3,6-7,10H,4-5,15H2,1-2H3,(H,16,17). The molecule has 1 aliphatic rings. The number of nitrogens with two attached hydrogens (primary N) is 1. The molecular weight excluding hydrogens is 306 g/mol. The van der Waals surface area contributed by atoms with Gasteiger partial charge in [0, 0.05) is 11.3 Å². The van der Waals surface area contributed by atoms with Crippen molar-refractivity contribution in [3.63, 3.8) is 0 Å². The molecule has 0 saturated heterocycles. The molecule has 1 heterocycles. The first-order valence-corrected chi connectivity index (χ1v) is 9.08. The fourth-order valence-electron chi connectivity index (χ4n) is 2.23. The number of benzene rings is 1. The van der Waals surface area contributed by atoms with Gasteiger partial charge >= 0.3 is 0 Å². The van der Waals surface area contributed by atoms with Crippen LogP contribution in [0.2, 0.25) is 0 Å². The van der Waals surface area contributed by atoms with E-state index in [0.717, 1.165) is 24.1 Å². The molecule has 0 amide bonds. The van der Waals surface area contributed by atoms with E-state index in [1.807, 2.05) is 18.4 Å². The minimum atomic E-state index is -3.72. The molecule has 0 atom stereocenters. The van der Waals surface area contributed by atoms with Crippen LogP contribution < -0.4 is 10.5 Å². The zero-order valence-electron chi connectivity index (χ0n) is 11.9. The summed E-state index contributed by atoms with van der Waals surface area (Å²) >= 11 is 1.31. The van der Waals surface area contributed by atoms with E-state index in [9.17, 15) is 8.42 Å². The number of aromatic nitrogens is 1. The maximum atomic E-state index is 12.6. The Bertz CT molecular complexity index is 793. The molecule has 3 N–H and O–H groups in total. The normalized spacial score (nSPS) is 15.1. The molecule has 0 bridgehead atoms. The Morgan fingerprint density at radius 1 is 1.33 bits per heavy atom. The molecule has 0 radical (unpaired) electrons. The Morgan fingerprint density at radius 3 is 2.71 bits per heavy atom. The second-order valence-electron chi connectivity index (χ2n) is 5.38. The van der Waals surface area contributed by atoms with Gasteiger partial charge in [0.2, 0.25) is 0 Å². The van der Waals surface area contributed by atoms with Gasteiger partial charge in [-0.25, -0.2) is 13.4 Å². The Balaban J connectivity index is 1.94. The lowest BCUT2D eigenvalue weighted by Gasteiger charge is -2.12. The summed E-state index contributed by atoms with van der Waals surface area (Å²) in [6.07, 6.45) is 2.28. The van der Waals surface area contributed by atoms with Crippen LogP contribution in [-0.4, -0.2) is 13.4 Å². The monoisotopic (exact) mass is 323 g/mol. The quantitative estimate of drug-likeness (QED) is 0.847. The van der Waals surface area contributed by atoms with Crippen LogP contribution >= 0.6 is 11.3 Å². The molecule has 7 heteroatoms. The highest BCUT2D eigenvalue weighted by atomic mass is 32.2. The summed E-state index contributed by atoms with van der Waals surface area (Å²) in [5, 5.41) is 2.32. The summed E-state index contributed by atoms with van der Waals surface area (Å²) in [7, 11) is -3.72. The molecule has 1 aromatic carbocycles. The van der Waals surface area contributed by atoms with E-state index in [2.05, 4.69) is 9.71 Å². The zero-order chi connectivity index (χ0) is 15.2. The van der Waals surface area contributed by atoms with Crippen molar-refractivity contribution < 1.29 is 8.42 Å². The smallest absolute Gasteiger partial charge is 0.265 e. The van der Waals surface area contributed by atoms with Gasteiger partial charge in [-0.05, 0) is 43.9 Å². The van der Waals surface area contributed by atoms with Crippen molar-refractivity contribution in [2.75, 3.05) is 10.5 Å². The highest BCUT2D eigenvalue weighted by molar-refractivity contribution is 7.93. The van der Waals surface area contributed by atoms with Crippen molar-refractivity contribution in [1.29, 1.82) is 0 Å². The van der Waals surface area contributed by atoms with Gasteiger partial charge in [0.05, 0.1) is 11.4 Å². The number of thiazole rings is 1. The van der Waals surface area contributed by atoms with Gasteiger partial charge < -0.3 is 5.73 Å². The van der Waals surface area contributed by atoms with Gasteiger partial charge in [-0.1, -0.05) is 6.07 Å². The molecule has 0 spiro atoms. The lowest BCUT2D eigenvalue weighted by Crippen LogP contribution is -2.16. The Kier molecular flexibility index (Phi) is 3.41. The second-order valence-corrected chi connectivity index (χ2v) is 7.86. The number of hydrogen-bond acceptors (Lipinski definition) is 5. The number of nitrogens with one attached hydrogen (secondary N) is 1. The second kappa shape index (κ2) is 4.99. The highest BCUT2D eigenvalue weighted by Gasteiger charge is 2.27. The Morgan fingerprint density at radius 2 is 2.05 bits per heavy atom. The third kappa shape index (κ3) is 2.75. The molecule has 1 saturated carbocycles. The van der Waals surface area contributed by atoms with Crippen molar-refractivity contribution in [3.8, 4) is 0 Å². The van der Waals surface area contributed by atoms with Gasteiger partial charge in [-0.15, -0.1) is 11.3 Å². The molecule has 5 nitrogen and oxygen atoms in total. The van der Waals surface area contributed by atoms with Crippen LogP contribution in [0, 0.1) is 13.8 Å². The third-order valence-electron chi connectivity index (χ3n) is 3.72. The van der Waals surface area contributed by atoms with Crippen LogP contribution in [0.4, 0.5) is 10.8 Å². The van der Waals surface area contributed by atoms with Crippen molar-refractivity contribution in [2.45, 2.75) is 37.5 Å². The summed E-state index contributed by atoms with van der Waals surface area (Å²) in [5.41, 5.74) is 8.65. The van der Waals surface area contributed by atoms with E-state index in [4.69, 9.17) is 5.73 Å². The van der Waals surface area contributed by atoms with Crippen molar-refractivity contribution in [3.05, 3.63) is 34.3 Å². The van der Waals surface area contributed by atoms with Gasteiger partial charge in [-0.2, -0.15) is 0 Å². The highest BCUT2D eigenvalue weighted by Crippen LogP contribution is 2.41. The maximum absolute atomic E-state index is 12.6. The molecule has 1 aromatic heterocycles. The van der Waals surface area contributed by atoms with Crippen LogP contribution in [0.25, 0.3) is 0 Å². The average molecular weight is 323 g/mol. The number of aryl methyl sites for hydroxylation is 1. The van der Waals surface area contributed by atoms with Gasteiger partial charge in [-0.3, -0.25) is 4.72 Å². The maximum Gasteiger partial charge on any atom is 0.265 e. The van der Waals surface area contributed by atoms with Crippen molar-refractivity contribution in [2.24, 2.45) is 0 Å². The van der Waals surface area contributed by atoms with Crippen LogP contribution in [0.5, 0.6) is 0 Å². The predicted molar refractivity (Wildman–Crippen MR) is 85.2 cm³/mol. The predicted octanol–water partition coefficient (Wildman–Crippen LogP) is 3.02. The zero-order valence-corrected chi connectivity index (χ0v) is 13.5. The molecule has 3 rings (SSSR count). The van der Waals surface area contributed by atoms with E-state index >= 15 is 0 Å². The molecule has 1 aliphatic carbocycles. The fraction of sp³-hybridized carbons (Fsp3) is 0.357. The van der Waals surface area contributed by atoms with Gasteiger partial charge in [0.15, 0.2) is 5.13 Å². The first-order valence-electron chi connectivity index (χ1n) is 6.72. The van der Waals surface area contributed by atoms with E-state index < -0.39 is 10.0 Å². The Labute approximate surface area is 128 Å². The number of nitrogen functional groups attached to an aromatic ring is 1. The van der Waals surface area contributed by atoms with E-state index in [0.29, 0.717) is 16.6 Å². The molecule has 21 heavy (non-hydrogen) atoms. The first-order chi connectivity index (χ1) is 9.88. The molecule has 0 unspecified atom stereocenters. The van der Waals surface area contributed by atoms with Crippen LogP contribution in [0.3, 0.4) is 0 Å². The number of sulfonamides is 1. The van der Waals surface area contributed by atoms with E-state index in [1.54, 1.807) is 13.0 Å². The SMILES string of the molecule is Cc1ccc(N)c(S(=O)(=O)Nc2nc(C3CC3)cs2)c1C. The largest absolute Gasteiger partial charge is 0.398 e. The number of hydrogen-bond donors (Lipinski definition) is 2. The van der Waals surface area contributed by atoms with E-state index in [1.165, 1.54) is 11.3 Å². The molecular formula is C14H17N3O2S2. The molecule has 1 fully saturated rings. The van der Waals surface area contributed by atoms with E-state index in [-0.39, 0.29) is 10.6 Å². The molecule has 2 aromatic rings. The summed E-state index contributed by atoms with van der Waals surface area (Å²) in [6.45, 7) is 3.63. The van der Waals surface area contributed by atoms with Gasteiger partial charge in [0.1, 0.15) is 4.90 Å². The van der Waals surface area contributed by atoms with Crippen molar-refractivity contribution >= 4 is 32.2 Å². The summed E-state index contributed by atoms with van der Waals surface area (Å²) in [4.78, 5) is 4.50. The lowest BCUT2D eigenvalue weighted by molar-refractivity contribution is 0.601. The average Bonchev–Trinajstić information content (AvgIpc) is 3.15. The molecule has 0 aliphatic heterocycles. The number of anilines is 2. The summed E-state index contributed by atoms with van der Waals surface area (Å²) in [5.74, 6) is 0.505. The van der Waals surface area contributed by atoms with Gasteiger partial charge in [0.25, 0.3) is 10.0 Å². The minimum Gasteiger partial charge on any atom is -0.398 e. The van der Waals surface area contributed by atoms with Crippen molar-refractivity contribution in [1.82, 2.24) is 4.98 Å². The summed E-state index contributed by atoms with van der Waals surface area (Å²) in [6, 6.07) is 3.44. The number of rotatable bonds is 4. The topological polar surface area (TPSA) is 85.1 Å². The minimum absolute atomic E-state index is 0.144. The molecule has 112 valence electrons. The lowest BCUT2D eigenvalue weighted by atomic mass is 10.1.